The van der Waals surface area contributed by atoms with Gasteiger partial charge in [0, 0.05) is 57.4 Å². The Morgan fingerprint density at radius 1 is 1.06 bits per heavy atom. The standard InChI is InChI=1S/C22H27ClFN5O2/c1-16-14-20(27-10-12-31-13-11-27)26-22(25-16)29-8-6-28(7-9-29)21(30)5-3-17-2-4-19(24)18(23)15-17/h2,4,14-15H,3,5-13H2,1H3. The number of morpholine rings is 1. The van der Waals surface area contributed by atoms with E-state index in [9.17, 15) is 9.18 Å². The summed E-state index contributed by atoms with van der Waals surface area (Å²) in [6.45, 7) is 7.72. The molecule has 2 saturated heterocycles. The van der Waals surface area contributed by atoms with E-state index in [4.69, 9.17) is 21.3 Å². The first kappa shape index (κ1) is 21.8. The topological polar surface area (TPSA) is 61.8 Å². The van der Waals surface area contributed by atoms with E-state index in [2.05, 4.69) is 14.8 Å². The number of halogens is 2. The van der Waals surface area contributed by atoms with Crippen LogP contribution in [0.15, 0.2) is 24.3 Å². The van der Waals surface area contributed by atoms with Gasteiger partial charge in [0.05, 0.1) is 18.2 Å². The molecular weight excluding hydrogens is 421 g/mol. The quantitative estimate of drug-likeness (QED) is 0.702. The molecule has 9 heteroatoms. The van der Waals surface area contributed by atoms with E-state index in [1.807, 2.05) is 17.9 Å². The van der Waals surface area contributed by atoms with Gasteiger partial charge < -0.3 is 19.4 Å². The van der Waals surface area contributed by atoms with Gasteiger partial charge in [0.1, 0.15) is 11.6 Å². The van der Waals surface area contributed by atoms with Gasteiger partial charge in [-0.05, 0) is 31.0 Å². The van der Waals surface area contributed by atoms with E-state index in [1.54, 1.807) is 12.1 Å². The molecule has 0 atom stereocenters. The van der Waals surface area contributed by atoms with Crippen molar-refractivity contribution in [1.82, 2.24) is 14.9 Å². The van der Waals surface area contributed by atoms with Crippen LogP contribution in [0.1, 0.15) is 17.7 Å². The van der Waals surface area contributed by atoms with Crippen LogP contribution in [0.5, 0.6) is 0 Å². The van der Waals surface area contributed by atoms with Gasteiger partial charge in [-0.15, -0.1) is 0 Å². The Balaban J connectivity index is 1.32. The van der Waals surface area contributed by atoms with Gasteiger partial charge in [-0.3, -0.25) is 4.79 Å². The number of carbonyl (C=O) groups is 1. The molecule has 2 aromatic rings. The third-order valence-electron chi connectivity index (χ3n) is 5.69. The van der Waals surface area contributed by atoms with Crippen molar-refractivity contribution in [1.29, 1.82) is 0 Å². The van der Waals surface area contributed by atoms with E-state index < -0.39 is 5.82 Å². The number of aromatic nitrogens is 2. The van der Waals surface area contributed by atoms with Gasteiger partial charge >= 0.3 is 0 Å². The maximum absolute atomic E-state index is 13.3. The summed E-state index contributed by atoms with van der Waals surface area (Å²) in [5, 5.41) is 0.0909. The molecule has 166 valence electrons. The third kappa shape index (κ3) is 5.43. The molecule has 0 unspecified atom stereocenters. The van der Waals surface area contributed by atoms with Crippen LogP contribution in [-0.4, -0.2) is 73.3 Å². The molecule has 0 saturated carbocycles. The van der Waals surface area contributed by atoms with Crippen LogP contribution in [0.4, 0.5) is 16.2 Å². The summed E-state index contributed by atoms with van der Waals surface area (Å²) in [4.78, 5) is 28.3. The summed E-state index contributed by atoms with van der Waals surface area (Å²) in [6.07, 6.45) is 0.924. The Hall–Kier alpha value is -2.45. The molecule has 0 N–H and O–H groups in total. The van der Waals surface area contributed by atoms with E-state index in [0.29, 0.717) is 52.2 Å². The number of amides is 1. The lowest BCUT2D eigenvalue weighted by molar-refractivity contribution is -0.131. The second kappa shape index (κ2) is 9.78. The van der Waals surface area contributed by atoms with Crippen molar-refractivity contribution >= 4 is 29.3 Å². The summed E-state index contributed by atoms with van der Waals surface area (Å²) < 4.78 is 18.7. The third-order valence-corrected chi connectivity index (χ3v) is 5.98. The minimum absolute atomic E-state index is 0.0909. The molecule has 7 nitrogen and oxygen atoms in total. The average Bonchev–Trinajstić information content (AvgIpc) is 2.80. The van der Waals surface area contributed by atoms with Crippen LogP contribution in [-0.2, 0) is 16.0 Å². The molecule has 2 aliphatic heterocycles. The summed E-state index contributed by atoms with van der Waals surface area (Å²) in [5.74, 6) is 1.30. The molecule has 3 heterocycles. The van der Waals surface area contributed by atoms with Crippen molar-refractivity contribution in [3.05, 3.63) is 46.4 Å². The highest BCUT2D eigenvalue weighted by Gasteiger charge is 2.24. The largest absolute Gasteiger partial charge is 0.378 e. The number of carbonyl (C=O) groups excluding carboxylic acids is 1. The Morgan fingerprint density at radius 3 is 2.52 bits per heavy atom. The van der Waals surface area contributed by atoms with E-state index in [1.165, 1.54) is 6.07 Å². The number of aryl methyl sites for hydroxylation is 2. The van der Waals surface area contributed by atoms with Crippen LogP contribution >= 0.6 is 11.6 Å². The lowest BCUT2D eigenvalue weighted by Crippen LogP contribution is -2.49. The van der Waals surface area contributed by atoms with Crippen LogP contribution in [0.2, 0.25) is 5.02 Å². The second-order valence-electron chi connectivity index (χ2n) is 7.88. The number of rotatable bonds is 5. The summed E-state index contributed by atoms with van der Waals surface area (Å²) in [6, 6.07) is 6.61. The van der Waals surface area contributed by atoms with Crippen LogP contribution in [0.25, 0.3) is 0 Å². The fraction of sp³-hybridized carbons (Fsp3) is 0.500. The zero-order valence-electron chi connectivity index (χ0n) is 17.7. The molecular formula is C22H27ClFN5O2. The zero-order chi connectivity index (χ0) is 21.8. The van der Waals surface area contributed by atoms with Gasteiger partial charge in [-0.2, -0.15) is 4.98 Å². The first-order valence-corrected chi connectivity index (χ1v) is 11.0. The highest BCUT2D eigenvalue weighted by atomic mass is 35.5. The Kier molecular flexibility index (Phi) is 6.87. The molecule has 1 aromatic heterocycles. The fourth-order valence-corrected chi connectivity index (χ4v) is 4.10. The summed E-state index contributed by atoms with van der Waals surface area (Å²) in [5.41, 5.74) is 1.80. The Bertz CT molecular complexity index is 930. The van der Waals surface area contributed by atoms with Gasteiger partial charge in [0.25, 0.3) is 0 Å². The number of benzene rings is 1. The van der Waals surface area contributed by atoms with Crippen molar-refractivity contribution in [2.45, 2.75) is 19.8 Å². The predicted molar refractivity (Wildman–Crippen MR) is 118 cm³/mol. The average molecular weight is 448 g/mol. The first-order chi connectivity index (χ1) is 15.0. The van der Waals surface area contributed by atoms with Crippen molar-refractivity contribution < 1.29 is 13.9 Å². The van der Waals surface area contributed by atoms with Crippen LogP contribution < -0.4 is 9.80 Å². The fourth-order valence-electron chi connectivity index (χ4n) is 3.89. The van der Waals surface area contributed by atoms with Gasteiger partial charge in [0.2, 0.25) is 11.9 Å². The van der Waals surface area contributed by atoms with Crippen molar-refractivity contribution in [2.24, 2.45) is 0 Å². The molecule has 0 aliphatic carbocycles. The number of hydrogen-bond acceptors (Lipinski definition) is 6. The minimum Gasteiger partial charge on any atom is -0.378 e. The van der Waals surface area contributed by atoms with Gasteiger partial charge in [-0.25, -0.2) is 9.37 Å². The smallest absolute Gasteiger partial charge is 0.227 e. The Labute approximate surface area is 186 Å². The first-order valence-electron chi connectivity index (χ1n) is 10.6. The highest BCUT2D eigenvalue weighted by Crippen LogP contribution is 2.21. The molecule has 0 radical (unpaired) electrons. The number of ether oxygens (including phenoxy) is 1. The lowest BCUT2D eigenvalue weighted by atomic mass is 10.1. The van der Waals surface area contributed by atoms with Crippen molar-refractivity contribution in [3.8, 4) is 0 Å². The van der Waals surface area contributed by atoms with Crippen LogP contribution in [0.3, 0.4) is 0 Å². The lowest BCUT2D eigenvalue weighted by Gasteiger charge is -2.35. The molecule has 0 bridgehead atoms. The SMILES string of the molecule is Cc1cc(N2CCOCC2)nc(N2CCN(C(=O)CCc3ccc(F)c(Cl)c3)CC2)n1. The number of hydrogen-bond donors (Lipinski definition) is 0. The molecule has 1 amide bonds. The number of nitrogens with zero attached hydrogens (tertiary/aromatic N) is 5. The van der Waals surface area contributed by atoms with E-state index in [-0.39, 0.29) is 10.9 Å². The predicted octanol–water partition coefficient (Wildman–Crippen LogP) is 2.70. The number of piperazine rings is 1. The Morgan fingerprint density at radius 2 is 1.81 bits per heavy atom. The number of anilines is 2. The zero-order valence-corrected chi connectivity index (χ0v) is 18.4. The molecule has 31 heavy (non-hydrogen) atoms. The van der Waals surface area contributed by atoms with Crippen molar-refractivity contribution in [2.75, 3.05) is 62.3 Å². The summed E-state index contributed by atoms with van der Waals surface area (Å²) in [7, 11) is 0. The molecule has 2 fully saturated rings. The van der Waals surface area contributed by atoms with E-state index in [0.717, 1.165) is 36.1 Å². The summed E-state index contributed by atoms with van der Waals surface area (Å²) >= 11 is 5.83. The maximum Gasteiger partial charge on any atom is 0.227 e. The van der Waals surface area contributed by atoms with Crippen LogP contribution in [0, 0.1) is 12.7 Å². The maximum atomic E-state index is 13.3. The second-order valence-corrected chi connectivity index (χ2v) is 8.29. The molecule has 1 aromatic carbocycles. The highest BCUT2D eigenvalue weighted by molar-refractivity contribution is 6.30. The van der Waals surface area contributed by atoms with E-state index >= 15 is 0 Å². The van der Waals surface area contributed by atoms with Gasteiger partial charge in [-0.1, -0.05) is 17.7 Å². The molecule has 0 spiro atoms. The minimum atomic E-state index is -0.442. The van der Waals surface area contributed by atoms with Gasteiger partial charge in [0.15, 0.2) is 0 Å². The molecule has 4 rings (SSSR count). The normalized spacial score (nSPS) is 17.2. The van der Waals surface area contributed by atoms with Crippen molar-refractivity contribution in [3.63, 3.8) is 0 Å². The molecule has 2 aliphatic rings. The monoisotopic (exact) mass is 447 g/mol.